The predicted molar refractivity (Wildman–Crippen MR) is 81.9 cm³/mol. The van der Waals surface area contributed by atoms with Crippen LogP contribution in [0.25, 0.3) is 11.0 Å². The van der Waals surface area contributed by atoms with Crippen LogP contribution in [0.1, 0.15) is 25.3 Å². The quantitative estimate of drug-likeness (QED) is 0.756. The standard InChI is InChI=1S/C16H20N4O/c1-12(2)8-17-9-13-7-14(21-19-13)10-20-11-18-15-5-3-4-6-16(15)20/h3-7,11-12,17H,8-10H2,1-2H3. The molecule has 3 rings (SSSR count). The summed E-state index contributed by atoms with van der Waals surface area (Å²) in [6, 6.07) is 10.1. The van der Waals surface area contributed by atoms with Gasteiger partial charge in [0, 0.05) is 12.6 Å². The fourth-order valence-electron chi connectivity index (χ4n) is 2.31. The summed E-state index contributed by atoms with van der Waals surface area (Å²) >= 11 is 0. The number of hydrogen-bond donors (Lipinski definition) is 1. The van der Waals surface area contributed by atoms with Gasteiger partial charge in [-0.05, 0) is 24.6 Å². The molecule has 0 saturated heterocycles. The predicted octanol–water partition coefficient (Wildman–Crippen LogP) is 2.82. The number of hydrogen-bond acceptors (Lipinski definition) is 4. The average Bonchev–Trinajstić information content (AvgIpc) is 3.07. The number of para-hydroxylation sites is 2. The summed E-state index contributed by atoms with van der Waals surface area (Å²) in [6.45, 7) is 6.75. The molecule has 0 bridgehead atoms. The lowest BCUT2D eigenvalue weighted by Gasteiger charge is -2.04. The molecule has 0 amide bonds. The number of nitrogens with one attached hydrogen (secondary N) is 1. The van der Waals surface area contributed by atoms with Gasteiger partial charge in [-0.25, -0.2) is 4.98 Å². The van der Waals surface area contributed by atoms with Crippen LogP contribution in [0.3, 0.4) is 0 Å². The van der Waals surface area contributed by atoms with Gasteiger partial charge < -0.3 is 14.4 Å². The second-order valence-electron chi connectivity index (χ2n) is 5.67. The van der Waals surface area contributed by atoms with Crippen LogP contribution in [0.2, 0.25) is 0 Å². The van der Waals surface area contributed by atoms with E-state index < -0.39 is 0 Å². The SMILES string of the molecule is CC(C)CNCc1cc(Cn2cnc3ccccc32)on1. The van der Waals surface area contributed by atoms with Crippen molar-refractivity contribution in [1.82, 2.24) is 20.0 Å². The van der Waals surface area contributed by atoms with Crippen LogP contribution < -0.4 is 5.32 Å². The van der Waals surface area contributed by atoms with Gasteiger partial charge in [0.05, 0.1) is 29.6 Å². The minimum Gasteiger partial charge on any atom is -0.359 e. The summed E-state index contributed by atoms with van der Waals surface area (Å²) in [7, 11) is 0. The molecule has 2 aromatic heterocycles. The van der Waals surface area contributed by atoms with Gasteiger partial charge in [-0.1, -0.05) is 31.1 Å². The summed E-state index contributed by atoms with van der Waals surface area (Å²) in [4.78, 5) is 4.38. The van der Waals surface area contributed by atoms with E-state index in [1.54, 1.807) is 0 Å². The van der Waals surface area contributed by atoms with Crippen LogP contribution in [-0.4, -0.2) is 21.3 Å². The van der Waals surface area contributed by atoms with Crippen LogP contribution in [0.15, 0.2) is 41.2 Å². The van der Waals surface area contributed by atoms with Crippen molar-refractivity contribution in [2.75, 3.05) is 6.54 Å². The maximum atomic E-state index is 5.41. The fraction of sp³-hybridized carbons (Fsp3) is 0.375. The summed E-state index contributed by atoms with van der Waals surface area (Å²) in [6.07, 6.45) is 1.84. The van der Waals surface area contributed by atoms with Gasteiger partial charge in [0.1, 0.15) is 0 Å². The second-order valence-corrected chi connectivity index (χ2v) is 5.67. The number of fused-ring (bicyclic) bond motifs is 1. The van der Waals surface area contributed by atoms with Gasteiger partial charge in [0.25, 0.3) is 0 Å². The van der Waals surface area contributed by atoms with Crippen LogP contribution in [0, 0.1) is 5.92 Å². The third kappa shape index (κ3) is 3.31. The molecule has 0 saturated carbocycles. The molecule has 3 aromatic rings. The molecule has 0 unspecified atom stereocenters. The lowest BCUT2D eigenvalue weighted by atomic mass is 10.2. The topological polar surface area (TPSA) is 55.9 Å². The highest BCUT2D eigenvalue weighted by atomic mass is 16.5. The number of imidazole rings is 1. The molecule has 0 aliphatic rings. The Bertz CT molecular complexity index is 714. The van der Waals surface area contributed by atoms with Crippen molar-refractivity contribution in [2.45, 2.75) is 26.9 Å². The van der Waals surface area contributed by atoms with Crippen LogP contribution >= 0.6 is 0 Å². The number of nitrogens with zero attached hydrogens (tertiary/aromatic N) is 3. The monoisotopic (exact) mass is 284 g/mol. The third-order valence-corrected chi connectivity index (χ3v) is 3.32. The molecule has 110 valence electrons. The first-order valence-corrected chi connectivity index (χ1v) is 7.27. The van der Waals surface area contributed by atoms with Gasteiger partial charge in [-0.3, -0.25) is 0 Å². The molecule has 2 heterocycles. The van der Waals surface area contributed by atoms with Crippen molar-refractivity contribution in [1.29, 1.82) is 0 Å². The lowest BCUT2D eigenvalue weighted by molar-refractivity contribution is 0.369. The van der Waals surface area contributed by atoms with E-state index in [4.69, 9.17) is 4.52 Å². The largest absolute Gasteiger partial charge is 0.359 e. The highest BCUT2D eigenvalue weighted by Crippen LogP contribution is 2.14. The van der Waals surface area contributed by atoms with Crippen molar-refractivity contribution < 1.29 is 4.52 Å². The van der Waals surface area contributed by atoms with E-state index in [9.17, 15) is 0 Å². The fourth-order valence-corrected chi connectivity index (χ4v) is 2.31. The third-order valence-electron chi connectivity index (χ3n) is 3.32. The summed E-state index contributed by atoms with van der Waals surface area (Å²) in [5.74, 6) is 1.48. The van der Waals surface area contributed by atoms with Gasteiger partial charge in [-0.2, -0.15) is 0 Å². The molecule has 1 aromatic carbocycles. The molecular formula is C16H20N4O. The van der Waals surface area contributed by atoms with Crippen LogP contribution in [0.5, 0.6) is 0 Å². The number of benzene rings is 1. The molecule has 1 N–H and O–H groups in total. The Morgan fingerprint density at radius 2 is 2.14 bits per heavy atom. The van der Waals surface area contributed by atoms with Crippen molar-refractivity contribution in [3.05, 3.63) is 48.1 Å². The molecule has 21 heavy (non-hydrogen) atoms. The van der Waals surface area contributed by atoms with E-state index in [1.807, 2.05) is 30.6 Å². The molecule has 0 radical (unpaired) electrons. The zero-order valence-electron chi connectivity index (χ0n) is 12.4. The zero-order valence-corrected chi connectivity index (χ0v) is 12.4. The minimum absolute atomic E-state index is 0.633. The van der Waals surface area contributed by atoms with E-state index in [0.29, 0.717) is 12.5 Å². The summed E-state index contributed by atoms with van der Waals surface area (Å²) in [5.41, 5.74) is 3.04. The maximum Gasteiger partial charge on any atom is 0.156 e. The molecule has 5 heteroatoms. The lowest BCUT2D eigenvalue weighted by Crippen LogP contribution is -2.19. The maximum absolute atomic E-state index is 5.41. The first-order chi connectivity index (χ1) is 10.2. The van der Waals surface area contributed by atoms with Gasteiger partial charge in [0.15, 0.2) is 5.76 Å². The van der Waals surface area contributed by atoms with E-state index in [1.165, 1.54) is 0 Å². The molecule has 0 atom stereocenters. The Labute approximate surface area is 124 Å². The van der Waals surface area contributed by atoms with Gasteiger partial charge in [0.2, 0.25) is 0 Å². The molecule has 0 fully saturated rings. The van der Waals surface area contributed by atoms with Gasteiger partial charge in [-0.15, -0.1) is 0 Å². The van der Waals surface area contributed by atoms with E-state index in [2.05, 4.69) is 39.9 Å². The summed E-state index contributed by atoms with van der Waals surface area (Å²) in [5, 5.41) is 7.46. The molecular weight excluding hydrogens is 264 g/mol. The second kappa shape index (κ2) is 6.10. The average molecular weight is 284 g/mol. The number of rotatable bonds is 6. The molecule has 0 aliphatic carbocycles. The highest BCUT2D eigenvalue weighted by Gasteiger charge is 2.07. The highest BCUT2D eigenvalue weighted by molar-refractivity contribution is 5.74. The normalized spacial score (nSPS) is 11.6. The van der Waals surface area contributed by atoms with Crippen molar-refractivity contribution >= 4 is 11.0 Å². The number of aromatic nitrogens is 3. The van der Waals surface area contributed by atoms with Crippen molar-refractivity contribution in [3.8, 4) is 0 Å². The van der Waals surface area contributed by atoms with Gasteiger partial charge >= 0.3 is 0 Å². The Balaban J connectivity index is 1.67. The first kappa shape index (κ1) is 13.8. The van der Waals surface area contributed by atoms with E-state index >= 15 is 0 Å². The van der Waals surface area contributed by atoms with E-state index in [-0.39, 0.29) is 0 Å². The van der Waals surface area contributed by atoms with Crippen LogP contribution in [0.4, 0.5) is 0 Å². The Morgan fingerprint density at radius 1 is 1.29 bits per heavy atom. The molecule has 0 spiro atoms. The summed E-state index contributed by atoms with van der Waals surface area (Å²) < 4.78 is 7.48. The molecule has 0 aliphatic heterocycles. The first-order valence-electron chi connectivity index (χ1n) is 7.27. The molecule has 5 nitrogen and oxygen atoms in total. The zero-order chi connectivity index (χ0) is 14.7. The Kier molecular flexibility index (Phi) is 4.01. The van der Waals surface area contributed by atoms with Crippen molar-refractivity contribution in [2.24, 2.45) is 5.92 Å². The smallest absolute Gasteiger partial charge is 0.156 e. The Hall–Kier alpha value is -2.14. The van der Waals surface area contributed by atoms with E-state index in [0.717, 1.165) is 35.6 Å². The Morgan fingerprint density at radius 3 is 3.00 bits per heavy atom. The minimum atomic E-state index is 0.633. The van der Waals surface area contributed by atoms with Crippen LogP contribution in [-0.2, 0) is 13.1 Å². The van der Waals surface area contributed by atoms with Crippen molar-refractivity contribution in [3.63, 3.8) is 0 Å².